The van der Waals surface area contributed by atoms with Crippen LogP contribution in [0.1, 0.15) is 54.1 Å². The van der Waals surface area contributed by atoms with Crippen molar-refractivity contribution < 1.29 is 14.3 Å². The van der Waals surface area contributed by atoms with Crippen molar-refractivity contribution in [3.63, 3.8) is 0 Å². The van der Waals surface area contributed by atoms with E-state index in [1.165, 1.54) is 32.1 Å². The fraction of sp³-hybridized carbons (Fsp3) is 0.435. The van der Waals surface area contributed by atoms with Gasteiger partial charge < -0.3 is 9.47 Å². The number of likely N-dealkylation sites (N-methyl/N-ethyl adjacent to an activating group) is 1. The van der Waals surface area contributed by atoms with Gasteiger partial charge in [-0.2, -0.15) is 0 Å². The van der Waals surface area contributed by atoms with E-state index in [9.17, 15) is 4.79 Å². The molecule has 0 spiro atoms. The summed E-state index contributed by atoms with van der Waals surface area (Å²) in [6.45, 7) is 0.690. The van der Waals surface area contributed by atoms with E-state index in [-0.39, 0.29) is 12.1 Å². The average Bonchev–Trinajstić information content (AvgIpc) is 2.74. The van der Waals surface area contributed by atoms with Crippen LogP contribution in [-0.2, 0) is 4.74 Å². The Morgan fingerprint density at radius 3 is 2.41 bits per heavy atom. The van der Waals surface area contributed by atoms with Gasteiger partial charge in [0.15, 0.2) is 0 Å². The third-order valence-corrected chi connectivity index (χ3v) is 5.40. The van der Waals surface area contributed by atoms with E-state index in [2.05, 4.69) is 11.9 Å². The van der Waals surface area contributed by atoms with Gasteiger partial charge in [0.2, 0.25) is 0 Å². The summed E-state index contributed by atoms with van der Waals surface area (Å²) < 4.78 is 11.3. The van der Waals surface area contributed by atoms with Gasteiger partial charge in [0, 0.05) is 12.6 Å². The van der Waals surface area contributed by atoms with E-state index in [0.717, 1.165) is 5.56 Å². The largest absolute Gasteiger partial charge is 0.496 e. The standard InChI is InChI=1S/C23H29NO3/c1-24(19-13-7-4-8-14-19)17-22(18-11-5-3-6-12-18)27-23(25)20-15-9-10-16-21(20)26-2/h3,5-6,9-12,15-16,19,22H,4,7-8,13-14,17H2,1-2H3. The van der Waals surface area contributed by atoms with Crippen LogP contribution in [0.2, 0.25) is 0 Å². The van der Waals surface area contributed by atoms with Gasteiger partial charge in [0.1, 0.15) is 17.4 Å². The smallest absolute Gasteiger partial charge is 0.342 e. The van der Waals surface area contributed by atoms with Gasteiger partial charge in [-0.05, 0) is 37.6 Å². The van der Waals surface area contributed by atoms with Crippen molar-refractivity contribution in [2.45, 2.75) is 44.2 Å². The molecule has 0 aliphatic heterocycles. The molecular weight excluding hydrogens is 338 g/mol. The van der Waals surface area contributed by atoms with Crippen LogP contribution in [0.4, 0.5) is 0 Å². The Hall–Kier alpha value is -2.33. The Balaban J connectivity index is 1.76. The number of hydrogen-bond donors (Lipinski definition) is 0. The molecule has 1 saturated carbocycles. The maximum Gasteiger partial charge on any atom is 0.342 e. The molecule has 2 aromatic carbocycles. The summed E-state index contributed by atoms with van der Waals surface area (Å²) >= 11 is 0. The van der Waals surface area contributed by atoms with E-state index in [4.69, 9.17) is 9.47 Å². The third kappa shape index (κ3) is 5.10. The lowest BCUT2D eigenvalue weighted by molar-refractivity contribution is 0.0159. The molecule has 0 aromatic heterocycles. The molecular formula is C23H29NO3. The molecule has 1 aliphatic carbocycles. The zero-order valence-corrected chi connectivity index (χ0v) is 16.3. The minimum atomic E-state index is -0.349. The van der Waals surface area contributed by atoms with Gasteiger partial charge >= 0.3 is 5.97 Å². The van der Waals surface area contributed by atoms with Crippen LogP contribution in [0.5, 0.6) is 5.75 Å². The third-order valence-electron chi connectivity index (χ3n) is 5.40. The number of rotatable bonds is 7. The lowest BCUT2D eigenvalue weighted by Gasteiger charge is -2.33. The summed E-state index contributed by atoms with van der Waals surface area (Å²) in [5.74, 6) is 0.188. The first-order valence-corrected chi connectivity index (χ1v) is 9.78. The number of esters is 1. The molecule has 1 atom stereocenters. The van der Waals surface area contributed by atoms with Gasteiger partial charge in [0.25, 0.3) is 0 Å². The first-order chi connectivity index (χ1) is 13.2. The second-order valence-corrected chi connectivity index (χ2v) is 7.24. The van der Waals surface area contributed by atoms with Crippen molar-refractivity contribution in [2.24, 2.45) is 0 Å². The first-order valence-electron chi connectivity index (χ1n) is 9.78. The second kappa shape index (κ2) is 9.56. The number of ether oxygens (including phenoxy) is 2. The number of benzene rings is 2. The molecule has 1 aliphatic rings. The quantitative estimate of drug-likeness (QED) is 0.655. The maximum atomic E-state index is 12.8. The fourth-order valence-corrected chi connectivity index (χ4v) is 3.82. The SMILES string of the molecule is COc1ccccc1C(=O)OC(CN(C)C1CCCCC1)c1ccccc1. The number of carbonyl (C=O) groups excluding carboxylic acids is 1. The Kier molecular flexibility index (Phi) is 6.88. The highest BCUT2D eigenvalue weighted by Crippen LogP contribution is 2.27. The summed E-state index contributed by atoms with van der Waals surface area (Å²) in [6.07, 6.45) is 6.03. The van der Waals surface area contributed by atoms with Gasteiger partial charge in [-0.15, -0.1) is 0 Å². The molecule has 4 nitrogen and oxygen atoms in total. The molecule has 0 saturated heterocycles. The van der Waals surface area contributed by atoms with Crippen LogP contribution in [0.15, 0.2) is 54.6 Å². The lowest BCUT2D eigenvalue weighted by Crippen LogP contribution is -2.37. The number of methoxy groups -OCH3 is 1. The highest BCUT2D eigenvalue weighted by Gasteiger charge is 2.25. The van der Waals surface area contributed by atoms with Crippen LogP contribution in [0.3, 0.4) is 0 Å². The Morgan fingerprint density at radius 1 is 1.04 bits per heavy atom. The highest BCUT2D eigenvalue weighted by atomic mass is 16.5. The number of nitrogens with zero attached hydrogens (tertiary/aromatic N) is 1. The van der Waals surface area contributed by atoms with Crippen molar-refractivity contribution >= 4 is 5.97 Å². The van der Waals surface area contributed by atoms with Crippen molar-refractivity contribution in [1.82, 2.24) is 4.90 Å². The normalized spacial score (nSPS) is 16.1. The van der Waals surface area contributed by atoms with Gasteiger partial charge in [-0.25, -0.2) is 4.79 Å². The highest BCUT2D eigenvalue weighted by molar-refractivity contribution is 5.92. The summed E-state index contributed by atoms with van der Waals surface area (Å²) in [5.41, 5.74) is 1.48. The molecule has 0 bridgehead atoms. The predicted octanol–water partition coefficient (Wildman–Crippen LogP) is 4.86. The molecule has 144 valence electrons. The predicted molar refractivity (Wildman–Crippen MR) is 107 cm³/mol. The van der Waals surface area contributed by atoms with E-state index >= 15 is 0 Å². The Bertz CT molecular complexity index is 725. The van der Waals surface area contributed by atoms with Crippen LogP contribution < -0.4 is 4.74 Å². The van der Waals surface area contributed by atoms with Crippen LogP contribution in [0, 0.1) is 0 Å². The molecule has 0 amide bonds. The monoisotopic (exact) mass is 367 g/mol. The van der Waals surface area contributed by atoms with Gasteiger partial charge in [-0.3, -0.25) is 4.90 Å². The zero-order chi connectivity index (χ0) is 19.1. The average molecular weight is 367 g/mol. The summed E-state index contributed by atoms with van der Waals surface area (Å²) in [5, 5.41) is 0. The van der Waals surface area contributed by atoms with Crippen molar-refractivity contribution in [3.05, 3.63) is 65.7 Å². The maximum absolute atomic E-state index is 12.8. The Morgan fingerprint density at radius 2 is 1.70 bits per heavy atom. The zero-order valence-electron chi connectivity index (χ0n) is 16.3. The van der Waals surface area contributed by atoms with Crippen LogP contribution in [-0.4, -0.2) is 37.6 Å². The molecule has 1 fully saturated rings. The van der Waals surface area contributed by atoms with Gasteiger partial charge in [-0.1, -0.05) is 61.7 Å². The molecule has 2 aromatic rings. The molecule has 27 heavy (non-hydrogen) atoms. The topological polar surface area (TPSA) is 38.8 Å². The van der Waals surface area contributed by atoms with E-state index in [1.807, 2.05) is 42.5 Å². The molecule has 1 unspecified atom stereocenters. The first kappa shape index (κ1) is 19.4. The minimum absolute atomic E-state index is 0.310. The van der Waals surface area contributed by atoms with Crippen molar-refractivity contribution in [1.29, 1.82) is 0 Å². The van der Waals surface area contributed by atoms with Crippen LogP contribution in [0.25, 0.3) is 0 Å². The molecule has 0 N–H and O–H groups in total. The number of carbonyl (C=O) groups is 1. The summed E-state index contributed by atoms with van der Waals surface area (Å²) in [4.78, 5) is 15.2. The molecule has 0 radical (unpaired) electrons. The fourth-order valence-electron chi connectivity index (χ4n) is 3.82. The molecule has 4 heteroatoms. The Labute approximate surface area is 162 Å². The van der Waals surface area contributed by atoms with Crippen molar-refractivity contribution in [3.8, 4) is 5.75 Å². The van der Waals surface area contributed by atoms with E-state index in [1.54, 1.807) is 19.2 Å². The molecule has 3 rings (SSSR count). The summed E-state index contributed by atoms with van der Waals surface area (Å²) in [6, 6.07) is 17.8. The van der Waals surface area contributed by atoms with Crippen molar-refractivity contribution in [2.75, 3.05) is 20.7 Å². The molecule has 0 heterocycles. The lowest BCUT2D eigenvalue weighted by atomic mass is 9.94. The second-order valence-electron chi connectivity index (χ2n) is 7.24. The van der Waals surface area contributed by atoms with E-state index < -0.39 is 0 Å². The van der Waals surface area contributed by atoms with E-state index in [0.29, 0.717) is 23.9 Å². The number of para-hydroxylation sites is 1. The van der Waals surface area contributed by atoms with Gasteiger partial charge in [0.05, 0.1) is 7.11 Å². The minimum Gasteiger partial charge on any atom is -0.496 e. The number of hydrogen-bond acceptors (Lipinski definition) is 4. The summed E-state index contributed by atoms with van der Waals surface area (Å²) in [7, 11) is 3.71. The van der Waals surface area contributed by atoms with Crippen LogP contribution >= 0.6 is 0 Å².